The second-order valence-electron chi connectivity index (χ2n) is 1.42. The van der Waals surface area contributed by atoms with Gasteiger partial charge in [0.05, 0.1) is 0 Å². The summed E-state index contributed by atoms with van der Waals surface area (Å²) in [6, 6.07) is 0. The number of nitrogens with zero attached hydrogens (tertiary/aromatic N) is 1. The minimum Gasteiger partial charge on any atom is -0.291 e. The van der Waals surface area contributed by atoms with Crippen molar-refractivity contribution >= 4 is 6.21 Å². The highest BCUT2D eigenvalue weighted by Crippen LogP contribution is 1.72. The van der Waals surface area contributed by atoms with Gasteiger partial charge in [0.25, 0.3) is 0 Å². The third kappa shape index (κ3) is 3.30. The SMILES string of the molecule is CC=[N+](O)CCC. The Morgan fingerprint density at radius 3 is 2.43 bits per heavy atom. The van der Waals surface area contributed by atoms with Crippen LogP contribution in [0.2, 0.25) is 0 Å². The minimum absolute atomic E-state index is 0.733. The van der Waals surface area contributed by atoms with E-state index in [1.54, 1.807) is 13.1 Å². The third-order valence-corrected chi connectivity index (χ3v) is 0.751. The van der Waals surface area contributed by atoms with Crippen molar-refractivity contribution in [2.75, 3.05) is 6.54 Å². The van der Waals surface area contributed by atoms with Crippen LogP contribution in [-0.2, 0) is 0 Å². The fraction of sp³-hybridized carbons (Fsp3) is 0.800. The lowest BCUT2D eigenvalue weighted by Crippen LogP contribution is -2.06. The van der Waals surface area contributed by atoms with Crippen LogP contribution < -0.4 is 0 Å². The monoisotopic (exact) mass is 102 g/mol. The molecule has 0 spiro atoms. The Balaban J connectivity index is 3.17. The van der Waals surface area contributed by atoms with Crippen LogP contribution in [0.25, 0.3) is 0 Å². The van der Waals surface area contributed by atoms with Crippen molar-refractivity contribution in [3.05, 3.63) is 0 Å². The van der Waals surface area contributed by atoms with Crippen molar-refractivity contribution < 1.29 is 9.95 Å². The first-order valence-corrected chi connectivity index (χ1v) is 2.56. The van der Waals surface area contributed by atoms with Gasteiger partial charge in [-0.2, -0.15) is 0 Å². The van der Waals surface area contributed by atoms with E-state index < -0.39 is 0 Å². The lowest BCUT2D eigenvalue weighted by atomic mass is 10.5. The summed E-state index contributed by atoms with van der Waals surface area (Å²) in [6.45, 7) is 4.55. The fourth-order valence-corrected chi connectivity index (χ4v) is 0.358. The van der Waals surface area contributed by atoms with Gasteiger partial charge in [-0.15, -0.1) is 0 Å². The van der Waals surface area contributed by atoms with Crippen LogP contribution in [0.4, 0.5) is 0 Å². The molecule has 0 radical (unpaired) electrons. The molecular formula is C5H12NO+. The molecule has 2 nitrogen and oxygen atoms in total. The van der Waals surface area contributed by atoms with Gasteiger partial charge in [-0.3, -0.25) is 5.21 Å². The van der Waals surface area contributed by atoms with Crippen LogP contribution in [0.15, 0.2) is 0 Å². The van der Waals surface area contributed by atoms with Crippen molar-refractivity contribution in [3.8, 4) is 0 Å². The summed E-state index contributed by atoms with van der Waals surface area (Å²) in [4.78, 5) is 0. The smallest absolute Gasteiger partial charge is 0.192 e. The van der Waals surface area contributed by atoms with Crippen molar-refractivity contribution in [2.24, 2.45) is 0 Å². The quantitative estimate of drug-likeness (QED) is 0.238. The average Bonchev–Trinajstić information content (AvgIpc) is 1.68. The minimum atomic E-state index is 0.733. The summed E-state index contributed by atoms with van der Waals surface area (Å²) >= 11 is 0. The van der Waals surface area contributed by atoms with E-state index in [1.165, 1.54) is 4.74 Å². The number of hydrogen-bond acceptors (Lipinski definition) is 1. The Bertz CT molecular complexity index is 68.5. The summed E-state index contributed by atoms with van der Waals surface area (Å²) in [5, 5.41) is 8.64. The molecule has 7 heavy (non-hydrogen) atoms. The van der Waals surface area contributed by atoms with E-state index >= 15 is 0 Å². The number of hydrogen-bond donors (Lipinski definition) is 1. The van der Waals surface area contributed by atoms with Gasteiger partial charge in [-0.25, -0.2) is 0 Å². The molecule has 2 heteroatoms. The molecule has 0 aliphatic rings. The van der Waals surface area contributed by atoms with E-state index in [2.05, 4.69) is 0 Å². The molecule has 0 aromatic heterocycles. The first-order chi connectivity index (χ1) is 3.31. The van der Waals surface area contributed by atoms with Crippen molar-refractivity contribution in [1.29, 1.82) is 0 Å². The van der Waals surface area contributed by atoms with Crippen molar-refractivity contribution in [3.63, 3.8) is 0 Å². The van der Waals surface area contributed by atoms with E-state index in [4.69, 9.17) is 5.21 Å². The molecule has 0 aromatic carbocycles. The van der Waals surface area contributed by atoms with Gasteiger partial charge >= 0.3 is 0 Å². The fourth-order valence-electron chi connectivity index (χ4n) is 0.358. The maximum atomic E-state index is 8.64. The van der Waals surface area contributed by atoms with Crippen LogP contribution in [-0.4, -0.2) is 22.7 Å². The zero-order valence-corrected chi connectivity index (χ0v) is 4.89. The lowest BCUT2D eigenvalue weighted by molar-refractivity contribution is -0.771. The van der Waals surface area contributed by atoms with Crippen molar-refractivity contribution in [2.45, 2.75) is 20.3 Å². The Morgan fingerprint density at radius 1 is 1.71 bits per heavy atom. The molecule has 0 fully saturated rings. The van der Waals surface area contributed by atoms with Gasteiger partial charge < -0.3 is 0 Å². The van der Waals surface area contributed by atoms with Gasteiger partial charge in [0.1, 0.15) is 0 Å². The predicted molar refractivity (Wildman–Crippen MR) is 28.9 cm³/mol. The molecule has 0 saturated carbocycles. The normalized spacial score (nSPS) is 12.0. The Kier molecular flexibility index (Phi) is 3.38. The van der Waals surface area contributed by atoms with Crippen LogP contribution in [0.1, 0.15) is 20.3 Å². The lowest BCUT2D eigenvalue weighted by Gasteiger charge is -1.83. The molecule has 0 unspecified atom stereocenters. The van der Waals surface area contributed by atoms with Gasteiger partial charge in [0.15, 0.2) is 12.8 Å². The molecule has 0 amide bonds. The second kappa shape index (κ2) is 3.65. The molecule has 0 bridgehead atoms. The Hall–Kier alpha value is -0.530. The third-order valence-electron chi connectivity index (χ3n) is 0.751. The molecule has 0 atom stereocenters. The van der Waals surface area contributed by atoms with Crippen molar-refractivity contribution in [1.82, 2.24) is 0 Å². The molecule has 42 valence electrons. The highest BCUT2D eigenvalue weighted by atomic mass is 16.5. The average molecular weight is 102 g/mol. The maximum Gasteiger partial charge on any atom is 0.192 e. The van der Waals surface area contributed by atoms with Gasteiger partial charge in [-0.1, -0.05) is 6.92 Å². The van der Waals surface area contributed by atoms with Gasteiger partial charge in [0, 0.05) is 13.3 Å². The maximum absolute atomic E-state index is 8.64. The first kappa shape index (κ1) is 6.47. The van der Waals surface area contributed by atoms with E-state index in [0.29, 0.717) is 0 Å². The zero-order chi connectivity index (χ0) is 5.70. The summed E-state index contributed by atoms with van der Waals surface area (Å²) < 4.78 is 1.18. The number of hydroxylamine groups is 1. The number of rotatable bonds is 2. The second-order valence-corrected chi connectivity index (χ2v) is 1.42. The Labute approximate surface area is 44.1 Å². The van der Waals surface area contributed by atoms with E-state index in [9.17, 15) is 0 Å². The largest absolute Gasteiger partial charge is 0.291 e. The molecule has 0 aliphatic heterocycles. The van der Waals surface area contributed by atoms with E-state index in [-0.39, 0.29) is 0 Å². The van der Waals surface area contributed by atoms with Crippen LogP contribution >= 0.6 is 0 Å². The zero-order valence-electron chi connectivity index (χ0n) is 4.89. The predicted octanol–water partition coefficient (Wildman–Crippen LogP) is 0.889. The van der Waals surface area contributed by atoms with Gasteiger partial charge in [0.2, 0.25) is 0 Å². The highest BCUT2D eigenvalue weighted by Gasteiger charge is 1.89. The van der Waals surface area contributed by atoms with Crippen LogP contribution in [0, 0.1) is 0 Å². The molecule has 1 N–H and O–H groups in total. The van der Waals surface area contributed by atoms with Crippen LogP contribution in [0.5, 0.6) is 0 Å². The summed E-state index contributed by atoms with van der Waals surface area (Å²) in [5.41, 5.74) is 0. The van der Waals surface area contributed by atoms with E-state index in [0.717, 1.165) is 13.0 Å². The Morgan fingerprint density at radius 2 is 2.29 bits per heavy atom. The molecule has 0 aromatic rings. The summed E-state index contributed by atoms with van der Waals surface area (Å²) in [5.74, 6) is 0. The topological polar surface area (TPSA) is 23.2 Å². The molecule has 0 saturated heterocycles. The molecule has 0 aliphatic carbocycles. The standard InChI is InChI=1S/C5H12NO/c1-3-5-6(7)4-2/h4,7H,3,5H2,1-2H3/q+1. The van der Waals surface area contributed by atoms with Gasteiger partial charge in [-0.05, 0) is 4.74 Å². The van der Waals surface area contributed by atoms with Crippen LogP contribution in [0.3, 0.4) is 0 Å². The molecule has 0 rings (SSSR count). The molecule has 0 heterocycles. The summed E-state index contributed by atoms with van der Waals surface area (Å²) in [6.07, 6.45) is 2.63. The molecular weight excluding hydrogens is 90.1 g/mol. The first-order valence-electron chi connectivity index (χ1n) is 2.56. The highest BCUT2D eigenvalue weighted by molar-refractivity contribution is 5.46. The summed E-state index contributed by atoms with van der Waals surface area (Å²) in [7, 11) is 0. The van der Waals surface area contributed by atoms with E-state index in [1.807, 2.05) is 6.92 Å².